The number of ketones is 2. The third kappa shape index (κ3) is 1.72. The van der Waals surface area contributed by atoms with Gasteiger partial charge in [0.1, 0.15) is 11.6 Å². The topological polar surface area (TPSA) is 34.1 Å². The van der Waals surface area contributed by atoms with Crippen LogP contribution in [0.2, 0.25) is 0 Å². The first-order valence-electron chi connectivity index (χ1n) is 10.8. The van der Waals surface area contributed by atoms with E-state index < -0.39 is 16.2 Å². The van der Waals surface area contributed by atoms with Crippen molar-refractivity contribution >= 4 is 11.6 Å². The smallest absolute Gasteiger partial charge is 0.140 e. The summed E-state index contributed by atoms with van der Waals surface area (Å²) in [6.07, 6.45) is 5.55. The zero-order valence-electron chi connectivity index (χ0n) is 16.9. The van der Waals surface area contributed by atoms with E-state index in [1.54, 1.807) is 0 Å². The van der Waals surface area contributed by atoms with Crippen molar-refractivity contribution in [2.45, 2.75) is 64.2 Å². The Hall–Kier alpha value is -2.22. The molecular weight excluding hydrogens is 344 g/mol. The minimum atomic E-state index is -0.494. The number of carbonyl (C=O) groups is 2. The number of carbonyl (C=O) groups excluding carboxylic acids is 2. The Morgan fingerprint density at radius 1 is 0.714 bits per heavy atom. The van der Waals surface area contributed by atoms with Crippen LogP contribution in [0.25, 0.3) is 11.1 Å². The van der Waals surface area contributed by atoms with Gasteiger partial charge < -0.3 is 0 Å². The number of Topliss-reactive ketones (excluding diaryl/α,β-unsaturated/α-hetero) is 2. The molecule has 2 saturated carbocycles. The van der Waals surface area contributed by atoms with Gasteiger partial charge in [-0.3, -0.25) is 9.59 Å². The quantitative estimate of drug-likeness (QED) is 0.673. The van der Waals surface area contributed by atoms with Gasteiger partial charge >= 0.3 is 0 Å². The molecule has 5 rings (SSSR count). The fourth-order valence-electron chi connectivity index (χ4n) is 7.50. The molecule has 2 fully saturated rings. The minimum Gasteiger partial charge on any atom is -0.299 e. The first kappa shape index (κ1) is 17.8. The molecule has 2 atom stereocenters. The molecule has 2 nitrogen and oxygen atoms in total. The van der Waals surface area contributed by atoms with Crippen LogP contribution in [0.5, 0.6) is 0 Å². The van der Waals surface area contributed by atoms with Crippen LogP contribution in [0.3, 0.4) is 0 Å². The molecule has 2 heteroatoms. The molecule has 0 aromatic heterocycles. The molecule has 0 aliphatic heterocycles. The summed E-state index contributed by atoms with van der Waals surface area (Å²) in [7, 11) is 0. The van der Waals surface area contributed by atoms with Gasteiger partial charge in [-0.25, -0.2) is 0 Å². The summed E-state index contributed by atoms with van der Waals surface area (Å²) in [5.41, 5.74) is 3.52. The van der Waals surface area contributed by atoms with E-state index in [9.17, 15) is 9.59 Å². The number of rotatable bonds is 4. The molecule has 3 aliphatic rings. The van der Waals surface area contributed by atoms with E-state index in [-0.39, 0.29) is 0 Å². The van der Waals surface area contributed by atoms with E-state index in [0.717, 1.165) is 32.1 Å². The van der Waals surface area contributed by atoms with Crippen LogP contribution in [-0.4, -0.2) is 11.6 Å². The summed E-state index contributed by atoms with van der Waals surface area (Å²) < 4.78 is 0. The van der Waals surface area contributed by atoms with E-state index in [0.29, 0.717) is 24.4 Å². The van der Waals surface area contributed by atoms with Gasteiger partial charge in [0, 0.05) is 29.1 Å². The normalized spacial score (nSPS) is 28.8. The number of hydrogen-bond acceptors (Lipinski definition) is 2. The maximum Gasteiger partial charge on any atom is 0.140 e. The van der Waals surface area contributed by atoms with Crippen LogP contribution in [0.1, 0.15) is 69.9 Å². The predicted molar refractivity (Wildman–Crippen MR) is 111 cm³/mol. The zero-order chi connectivity index (χ0) is 19.6. The molecule has 3 aliphatic carbocycles. The number of benzene rings is 2. The van der Waals surface area contributed by atoms with Gasteiger partial charge in [0.25, 0.3) is 0 Å². The molecule has 1 spiro atoms. The molecule has 0 heterocycles. The van der Waals surface area contributed by atoms with E-state index in [1.807, 2.05) is 13.8 Å². The van der Waals surface area contributed by atoms with Gasteiger partial charge in [-0.2, -0.15) is 0 Å². The molecular formula is C26H28O2. The van der Waals surface area contributed by atoms with E-state index in [4.69, 9.17) is 0 Å². The lowest BCUT2D eigenvalue weighted by atomic mass is 9.44. The third-order valence-electron chi connectivity index (χ3n) is 8.28. The highest BCUT2D eigenvalue weighted by Crippen LogP contribution is 2.77. The van der Waals surface area contributed by atoms with E-state index in [2.05, 4.69) is 48.5 Å². The monoisotopic (exact) mass is 372 g/mol. The molecule has 0 saturated heterocycles. The Labute approximate surface area is 167 Å². The molecule has 0 amide bonds. The Kier molecular flexibility index (Phi) is 3.75. The summed E-state index contributed by atoms with van der Waals surface area (Å²) in [4.78, 5) is 27.3. The summed E-state index contributed by atoms with van der Waals surface area (Å²) in [6.45, 7) is 3.99. The van der Waals surface area contributed by atoms with Crippen LogP contribution in [0.15, 0.2) is 48.5 Å². The van der Waals surface area contributed by atoms with E-state index >= 15 is 0 Å². The highest BCUT2D eigenvalue weighted by atomic mass is 16.1. The van der Waals surface area contributed by atoms with Crippen molar-refractivity contribution < 1.29 is 9.59 Å². The molecule has 28 heavy (non-hydrogen) atoms. The van der Waals surface area contributed by atoms with Crippen molar-refractivity contribution in [2.75, 3.05) is 0 Å². The van der Waals surface area contributed by atoms with Crippen molar-refractivity contribution in [3.63, 3.8) is 0 Å². The van der Waals surface area contributed by atoms with Gasteiger partial charge in [0.05, 0.1) is 0 Å². The van der Waals surface area contributed by atoms with Crippen LogP contribution in [0, 0.1) is 10.8 Å². The number of hydrogen-bond donors (Lipinski definition) is 0. The first-order valence-corrected chi connectivity index (χ1v) is 10.8. The average Bonchev–Trinajstić information content (AvgIpc) is 3.12. The summed E-state index contributed by atoms with van der Waals surface area (Å²) in [5, 5.41) is 0. The molecule has 1 unspecified atom stereocenters. The molecule has 0 radical (unpaired) electrons. The molecule has 2 aromatic carbocycles. The molecule has 0 N–H and O–H groups in total. The largest absolute Gasteiger partial charge is 0.299 e. The first-order chi connectivity index (χ1) is 13.6. The lowest BCUT2D eigenvalue weighted by Crippen LogP contribution is -2.59. The highest BCUT2D eigenvalue weighted by molar-refractivity contribution is 5.99. The van der Waals surface area contributed by atoms with Crippen LogP contribution in [-0.2, 0) is 15.0 Å². The van der Waals surface area contributed by atoms with Crippen LogP contribution >= 0.6 is 0 Å². The average molecular weight is 373 g/mol. The molecule has 2 aromatic rings. The van der Waals surface area contributed by atoms with Gasteiger partial charge in [0.2, 0.25) is 0 Å². The van der Waals surface area contributed by atoms with Gasteiger partial charge in [-0.05, 0) is 47.9 Å². The third-order valence-corrected chi connectivity index (χ3v) is 8.28. The summed E-state index contributed by atoms with van der Waals surface area (Å²) in [5.74, 6) is 0.703. The zero-order valence-corrected chi connectivity index (χ0v) is 16.9. The van der Waals surface area contributed by atoms with Crippen molar-refractivity contribution in [3.8, 4) is 11.1 Å². The fraction of sp³-hybridized carbons (Fsp3) is 0.462. The maximum atomic E-state index is 13.7. The second-order valence-electron chi connectivity index (χ2n) is 8.91. The standard InChI is InChI=1S/C26H28O2/c1-3-22(27)24-14-9-15-25(17-16-24,23(28)4-2)26(24)20-12-7-5-10-18(20)19-11-6-8-13-21(19)26/h5-8,10-13H,3-4,9,14-17H2,1-2H3/t24-,25?/m1/s1. The molecule has 2 bridgehead atoms. The minimum absolute atomic E-state index is 0.351. The Morgan fingerprint density at radius 3 is 1.57 bits per heavy atom. The van der Waals surface area contributed by atoms with Gasteiger partial charge in [-0.1, -0.05) is 68.8 Å². The lowest BCUT2D eigenvalue weighted by molar-refractivity contribution is -0.142. The Morgan fingerprint density at radius 2 is 1.14 bits per heavy atom. The molecule has 144 valence electrons. The lowest BCUT2D eigenvalue weighted by Gasteiger charge is -2.56. The second-order valence-corrected chi connectivity index (χ2v) is 8.91. The SMILES string of the molecule is CCC(=O)C12CCC[C@](C(=O)CC)(CC1)C21c2ccccc2-c2ccccc21. The van der Waals surface area contributed by atoms with Gasteiger partial charge in [-0.15, -0.1) is 0 Å². The second kappa shape index (κ2) is 5.89. The summed E-state index contributed by atoms with van der Waals surface area (Å²) in [6, 6.07) is 17.1. The van der Waals surface area contributed by atoms with Crippen molar-refractivity contribution in [1.82, 2.24) is 0 Å². The van der Waals surface area contributed by atoms with Crippen LogP contribution < -0.4 is 0 Å². The maximum absolute atomic E-state index is 13.7. The van der Waals surface area contributed by atoms with Crippen molar-refractivity contribution in [2.24, 2.45) is 10.8 Å². The van der Waals surface area contributed by atoms with Crippen molar-refractivity contribution in [3.05, 3.63) is 59.7 Å². The van der Waals surface area contributed by atoms with Crippen molar-refractivity contribution in [1.29, 1.82) is 0 Å². The Bertz CT molecular complexity index is 908. The number of fused-ring (bicyclic) bond motifs is 3. The highest BCUT2D eigenvalue weighted by Gasteiger charge is 2.76. The summed E-state index contributed by atoms with van der Waals surface area (Å²) >= 11 is 0. The fourth-order valence-corrected chi connectivity index (χ4v) is 7.50. The predicted octanol–water partition coefficient (Wildman–Crippen LogP) is 5.86. The van der Waals surface area contributed by atoms with Gasteiger partial charge in [0.15, 0.2) is 0 Å². The van der Waals surface area contributed by atoms with Crippen LogP contribution in [0.4, 0.5) is 0 Å². The Balaban J connectivity index is 1.97. The van der Waals surface area contributed by atoms with E-state index in [1.165, 1.54) is 22.3 Å².